The van der Waals surface area contributed by atoms with E-state index in [4.69, 9.17) is 9.47 Å². The number of rotatable bonds is 3. The molecule has 1 aromatic heterocycles. The molecule has 3 heterocycles. The highest BCUT2D eigenvalue weighted by Gasteiger charge is 2.25. The molecule has 7 heteroatoms. The van der Waals surface area contributed by atoms with Gasteiger partial charge in [-0.3, -0.25) is 14.9 Å². The first-order chi connectivity index (χ1) is 13.2. The molecule has 0 bridgehead atoms. The van der Waals surface area contributed by atoms with Gasteiger partial charge >= 0.3 is 0 Å². The Hall–Kier alpha value is -3.19. The first-order valence-electron chi connectivity index (χ1n) is 8.39. The topological polar surface area (TPSA) is 69.6 Å². The lowest BCUT2D eigenvalue weighted by Gasteiger charge is -2.07. The Morgan fingerprint density at radius 2 is 2.00 bits per heavy atom. The van der Waals surface area contributed by atoms with Crippen molar-refractivity contribution in [3.05, 3.63) is 64.7 Å². The third kappa shape index (κ3) is 2.86. The number of aromatic nitrogens is 1. The SMILES string of the molecule is O=C1NC(=O)C(=Cc2cccc3c2ccn3Cc2ccc3c(c2)OCO3)S1. The van der Waals surface area contributed by atoms with Crippen LogP contribution in [0.2, 0.25) is 0 Å². The van der Waals surface area contributed by atoms with Gasteiger partial charge in [-0.1, -0.05) is 18.2 Å². The lowest BCUT2D eigenvalue weighted by atomic mass is 10.1. The lowest BCUT2D eigenvalue weighted by molar-refractivity contribution is -0.115. The monoisotopic (exact) mass is 378 g/mol. The van der Waals surface area contributed by atoms with Crippen molar-refractivity contribution in [1.82, 2.24) is 9.88 Å². The highest BCUT2D eigenvalue weighted by Crippen LogP contribution is 2.33. The van der Waals surface area contributed by atoms with E-state index >= 15 is 0 Å². The maximum absolute atomic E-state index is 11.8. The third-order valence-electron chi connectivity index (χ3n) is 4.57. The van der Waals surface area contributed by atoms with Crippen LogP contribution in [0.4, 0.5) is 4.79 Å². The van der Waals surface area contributed by atoms with Crippen LogP contribution in [0.25, 0.3) is 17.0 Å². The highest BCUT2D eigenvalue weighted by molar-refractivity contribution is 8.18. The maximum Gasteiger partial charge on any atom is 0.290 e. The van der Waals surface area contributed by atoms with Crippen molar-refractivity contribution in [3.63, 3.8) is 0 Å². The van der Waals surface area contributed by atoms with E-state index in [0.29, 0.717) is 11.4 Å². The maximum atomic E-state index is 11.8. The minimum atomic E-state index is -0.346. The van der Waals surface area contributed by atoms with E-state index in [-0.39, 0.29) is 17.9 Å². The minimum Gasteiger partial charge on any atom is -0.454 e. The van der Waals surface area contributed by atoms with Gasteiger partial charge in [-0.2, -0.15) is 0 Å². The van der Waals surface area contributed by atoms with Crippen LogP contribution in [0.15, 0.2) is 53.6 Å². The summed E-state index contributed by atoms with van der Waals surface area (Å²) < 4.78 is 13.0. The molecule has 1 saturated heterocycles. The van der Waals surface area contributed by atoms with Gasteiger partial charge in [0.05, 0.1) is 4.91 Å². The van der Waals surface area contributed by atoms with Crippen molar-refractivity contribution in [2.24, 2.45) is 0 Å². The van der Waals surface area contributed by atoms with E-state index in [2.05, 4.69) is 9.88 Å². The van der Waals surface area contributed by atoms with Gasteiger partial charge in [0.25, 0.3) is 11.1 Å². The average Bonchev–Trinajstić information content (AvgIpc) is 3.35. The summed E-state index contributed by atoms with van der Waals surface area (Å²) in [7, 11) is 0. The molecule has 0 radical (unpaired) electrons. The predicted octanol–water partition coefficient (Wildman–Crippen LogP) is 3.74. The van der Waals surface area contributed by atoms with Crippen LogP contribution < -0.4 is 14.8 Å². The normalized spacial score (nSPS) is 17.1. The van der Waals surface area contributed by atoms with E-state index in [1.165, 1.54) is 0 Å². The number of ether oxygens (including phenoxy) is 2. The number of benzene rings is 2. The number of fused-ring (bicyclic) bond motifs is 2. The second-order valence-electron chi connectivity index (χ2n) is 6.26. The number of thioether (sulfide) groups is 1. The molecule has 2 amide bonds. The standard InChI is InChI=1S/C20H14N2O4S/c23-19-18(27-20(24)21-19)9-13-2-1-3-15-14(13)6-7-22(15)10-12-4-5-16-17(8-12)26-11-25-16/h1-9H,10-11H2,(H,21,23,24). The van der Waals surface area contributed by atoms with Gasteiger partial charge in [0.15, 0.2) is 11.5 Å². The lowest BCUT2D eigenvalue weighted by Crippen LogP contribution is -2.17. The molecular formula is C20H14N2O4S. The number of amides is 2. The van der Waals surface area contributed by atoms with Crippen molar-refractivity contribution in [2.75, 3.05) is 6.79 Å². The predicted molar refractivity (Wildman–Crippen MR) is 103 cm³/mol. The molecule has 3 aromatic rings. The van der Waals surface area contributed by atoms with Crippen molar-refractivity contribution in [3.8, 4) is 11.5 Å². The van der Waals surface area contributed by atoms with Gasteiger partial charge in [0.2, 0.25) is 6.79 Å². The zero-order valence-electron chi connectivity index (χ0n) is 14.1. The number of hydrogen-bond donors (Lipinski definition) is 1. The molecule has 2 aliphatic rings. The van der Waals surface area contributed by atoms with Crippen molar-refractivity contribution < 1.29 is 19.1 Å². The van der Waals surface area contributed by atoms with Gasteiger partial charge in [0.1, 0.15) is 0 Å². The van der Waals surface area contributed by atoms with Crippen LogP contribution in [-0.2, 0) is 11.3 Å². The molecule has 27 heavy (non-hydrogen) atoms. The Labute approximate surface area is 158 Å². The molecule has 0 saturated carbocycles. The molecule has 0 aliphatic carbocycles. The second-order valence-corrected chi connectivity index (χ2v) is 7.28. The molecule has 1 N–H and O–H groups in total. The first-order valence-corrected chi connectivity index (χ1v) is 9.20. The number of carbonyl (C=O) groups is 2. The molecule has 5 rings (SSSR count). The quantitative estimate of drug-likeness (QED) is 0.703. The zero-order chi connectivity index (χ0) is 18.4. The smallest absolute Gasteiger partial charge is 0.290 e. The van der Waals surface area contributed by atoms with E-state index in [9.17, 15) is 9.59 Å². The Kier molecular flexibility index (Phi) is 3.68. The van der Waals surface area contributed by atoms with Crippen LogP contribution >= 0.6 is 11.8 Å². The fraction of sp³-hybridized carbons (Fsp3) is 0.100. The van der Waals surface area contributed by atoms with E-state index < -0.39 is 0 Å². The van der Waals surface area contributed by atoms with Gasteiger partial charge in [-0.25, -0.2) is 0 Å². The van der Waals surface area contributed by atoms with Crippen molar-refractivity contribution in [1.29, 1.82) is 0 Å². The summed E-state index contributed by atoms with van der Waals surface area (Å²) in [4.78, 5) is 23.6. The number of hydrogen-bond acceptors (Lipinski definition) is 5. The summed E-state index contributed by atoms with van der Waals surface area (Å²) in [5.74, 6) is 1.19. The highest BCUT2D eigenvalue weighted by atomic mass is 32.2. The number of imide groups is 1. The third-order valence-corrected chi connectivity index (χ3v) is 5.38. The molecule has 6 nitrogen and oxygen atoms in total. The van der Waals surface area contributed by atoms with E-state index in [1.54, 1.807) is 6.08 Å². The molecule has 2 aromatic carbocycles. The molecule has 2 aliphatic heterocycles. The Bertz CT molecular complexity index is 1130. The average molecular weight is 378 g/mol. The first kappa shape index (κ1) is 16.0. The summed E-state index contributed by atoms with van der Waals surface area (Å²) in [5.41, 5.74) is 3.07. The van der Waals surface area contributed by atoms with Gasteiger partial charge in [-0.15, -0.1) is 0 Å². The Balaban J connectivity index is 1.50. The minimum absolute atomic E-state index is 0.261. The van der Waals surface area contributed by atoms with E-state index in [0.717, 1.165) is 45.3 Å². The van der Waals surface area contributed by atoms with Crippen LogP contribution in [0, 0.1) is 0 Å². The van der Waals surface area contributed by atoms with Crippen molar-refractivity contribution >= 4 is 39.9 Å². The fourth-order valence-electron chi connectivity index (χ4n) is 3.31. The molecule has 0 atom stereocenters. The van der Waals surface area contributed by atoms with E-state index in [1.807, 2.05) is 48.7 Å². The number of carbonyl (C=O) groups excluding carboxylic acids is 2. The molecular weight excluding hydrogens is 364 g/mol. The summed E-state index contributed by atoms with van der Waals surface area (Å²) in [5, 5.41) is 2.97. The number of nitrogens with zero attached hydrogens (tertiary/aromatic N) is 1. The van der Waals surface area contributed by atoms with Crippen LogP contribution in [-0.4, -0.2) is 22.5 Å². The molecule has 0 spiro atoms. The van der Waals surface area contributed by atoms with Crippen LogP contribution in [0.5, 0.6) is 11.5 Å². The summed E-state index contributed by atoms with van der Waals surface area (Å²) >= 11 is 0.927. The van der Waals surface area contributed by atoms with Crippen LogP contribution in [0.3, 0.4) is 0 Å². The molecule has 134 valence electrons. The Morgan fingerprint density at radius 1 is 1.11 bits per heavy atom. The Morgan fingerprint density at radius 3 is 2.85 bits per heavy atom. The van der Waals surface area contributed by atoms with Gasteiger partial charge < -0.3 is 14.0 Å². The summed E-state index contributed by atoms with van der Waals surface area (Å²) in [6.07, 6.45) is 3.78. The number of nitrogens with one attached hydrogen (secondary N) is 1. The van der Waals surface area contributed by atoms with Crippen molar-refractivity contribution in [2.45, 2.75) is 6.54 Å². The zero-order valence-corrected chi connectivity index (χ0v) is 14.9. The summed E-state index contributed by atoms with van der Waals surface area (Å²) in [6, 6.07) is 13.9. The molecule has 1 fully saturated rings. The van der Waals surface area contributed by atoms with Gasteiger partial charge in [-0.05, 0) is 53.2 Å². The largest absolute Gasteiger partial charge is 0.454 e. The fourth-order valence-corrected chi connectivity index (χ4v) is 3.98. The molecule has 0 unspecified atom stereocenters. The second kappa shape index (κ2) is 6.21. The van der Waals surface area contributed by atoms with Crippen LogP contribution in [0.1, 0.15) is 11.1 Å². The van der Waals surface area contributed by atoms with Gasteiger partial charge in [0, 0.05) is 23.6 Å². The summed E-state index contributed by atoms with van der Waals surface area (Å²) in [6.45, 7) is 0.950.